The molecule has 0 unspecified atom stereocenters. The Morgan fingerprint density at radius 2 is 1.96 bits per heavy atom. The second-order valence-corrected chi connectivity index (χ2v) is 5.18. The summed E-state index contributed by atoms with van der Waals surface area (Å²) in [5, 5.41) is 3.90. The number of carbonyl (C=O) groups excluding carboxylic acids is 1. The SMILES string of the molecule is CCc1ccc(-c2noc(COC(=O)c3cnc(C)cn3)n2)cc1. The number of aromatic nitrogens is 4. The normalized spacial score (nSPS) is 10.6. The lowest BCUT2D eigenvalue weighted by atomic mass is 10.1. The third-order valence-electron chi connectivity index (χ3n) is 3.41. The number of rotatable bonds is 5. The summed E-state index contributed by atoms with van der Waals surface area (Å²) >= 11 is 0. The molecule has 7 heteroatoms. The van der Waals surface area contributed by atoms with Crippen molar-refractivity contribution in [2.24, 2.45) is 0 Å². The van der Waals surface area contributed by atoms with Crippen LogP contribution in [0, 0.1) is 6.92 Å². The highest BCUT2D eigenvalue weighted by molar-refractivity contribution is 5.86. The number of nitrogens with zero attached hydrogens (tertiary/aromatic N) is 4. The standard InChI is InChI=1S/C17H16N4O3/c1-3-12-4-6-13(7-5-12)16-20-15(24-21-16)10-23-17(22)14-9-18-11(2)8-19-14/h4-9H,3,10H2,1-2H3. The Morgan fingerprint density at radius 1 is 1.17 bits per heavy atom. The van der Waals surface area contributed by atoms with E-state index in [2.05, 4.69) is 27.0 Å². The van der Waals surface area contributed by atoms with Crippen LogP contribution in [-0.4, -0.2) is 26.1 Å². The Morgan fingerprint density at radius 3 is 2.62 bits per heavy atom. The molecule has 0 amide bonds. The molecule has 0 fully saturated rings. The molecule has 0 N–H and O–H groups in total. The summed E-state index contributed by atoms with van der Waals surface area (Å²) in [4.78, 5) is 24.0. The minimum Gasteiger partial charge on any atom is -0.451 e. The van der Waals surface area contributed by atoms with Crippen molar-refractivity contribution >= 4 is 5.97 Å². The van der Waals surface area contributed by atoms with Crippen LogP contribution in [0.4, 0.5) is 0 Å². The van der Waals surface area contributed by atoms with Crippen molar-refractivity contribution in [1.82, 2.24) is 20.1 Å². The van der Waals surface area contributed by atoms with Gasteiger partial charge in [-0.25, -0.2) is 9.78 Å². The van der Waals surface area contributed by atoms with Crippen molar-refractivity contribution in [1.29, 1.82) is 0 Å². The van der Waals surface area contributed by atoms with Crippen LogP contribution in [0.5, 0.6) is 0 Å². The van der Waals surface area contributed by atoms with Gasteiger partial charge in [0.1, 0.15) is 0 Å². The summed E-state index contributed by atoms with van der Waals surface area (Å²) in [6, 6.07) is 7.89. The van der Waals surface area contributed by atoms with Gasteiger partial charge in [-0.05, 0) is 18.9 Å². The summed E-state index contributed by atoms with van der Waals surface area (Å²) in [7, 11) is 0. The van der Waals surface area contributed by atoms with Crippen molar-refractivity contribution in [3.8, 4) is 11.4 Å². The number of hydrogen-bond donors (Lipinski definition) is 0. The molecule has 0 spiro atoms. The number of carbonyl (C=O) groups is 1. The summed E-state index contributed by atoms with van der Waals surface area (Å²) < 4.78 is 10.2. The molecule has 0 saturated heterocycles. The first kappa shape index (κ1) is 15.8. The van der Waals surface area contributed by atoms with Crippen LogP contribution in [0.3, 0.4) is 0 Å². The minimum atomic E-state index is -0.588. The summed E-state index contributed by atoms with van der Waals surface area (Å²) in [6.45, 7) is 3.76. The zero-order valence-electron chi connectivity index (χ0n) is 13.4. The Labute approximate surface area is 138 Å². The molecular formula is C17H16N4O3. The highest BCUT2D eigenvalue weighted by Crippen LogP contribution is 2.17. The molecule has 0 atom stereocenters. The zero-order valence-corrected chi connectivity index (χ0v) is 13.4. The van der Waals surface area contributed by atoms with Crippen molar-refractivity contribution in [2.45, 2.75) is 26.9 Å². The van der Waals surface area contributed by atoms with Gasteiger partial charge in [0.05, 0.1) is 11.9 Å². The lowest BCUT2D eigenvalue weighted by Crippen LogP contribution is -2.08. The van der Waals surface area contributed by atoms with Gasteiger partial charge >= 0.3 is 5.97 Å². The van der Waals surface area contributed by atoms with E-state index in [9.17, 15) is 4.79 Å². The first-order valence-corrected chi connectivity index (χ1v) is 7.53. The smallest absolute Gasteiger partial charge is 0.359 e. The van der Waals surface area contributed by atoms with E-state index in [4.69, 9.17) is 9.26 Å². The molecule has 3 aromatic rings. The largest absolute Gasteiger partial charge is 0.451 e. The van der Waals surface area contributed by atoms with Gasteiger partial charge in [0, 0.05) is 11.8 Å². The topological polar surface area (TPSA) is 91.0 Å². The van der Waals surface area contributed by atoms with Crippen LogP contribution in [0.25, 0.3) is 11.4 Å². The van der Waals surface area contributed by atoms with Gasteiger partial charge in [-0.3, -0.25) is 4.98 Å². The fraction of sp³-hybridized carbons (Fsp3) is 0.235. The van der Waals surface area contributed by atoms with E-state index in [1.807, 2.05) is 24.3 Å². The third-order valence-corrected chi connectivity index (χ3v) is 3.41. The van der Waals surface area contributed by atoms with Crippen LogP contribution >= 0.6 is 0 Å². The molecular weight excluding hydrogens is 308 g/mol. The predicted octanol–water partition coefficient (Wildman–Crippen LogP) is 2.75. The molecule has 2 heterocycles. The van der Waals surface area contributed by atoms with Crippen LogP contribution in [0.2, 0.25) is 0 Å². The number of benzene rings is 1. The summed E-state index contributed by atoms with van der Waals surface area (Å²) in [5.41, 5.74) is 2.94. The van der Waals surface area contributed by atoms with Crippen molar-refractivity contribution in [3.05, 3.63) is 59.5 Å². The average Bonchev–Trinajstić information content (AvgIpc) is 3.09. The van der Waals surface area contributed by atoms with Crippen molar-refractivity contribution in [3.63, 3.8) is 0 Å². The number of aryl methyl sites for hydroxylation is 2. The Balaban J connectivity index is 1.63. The van der Waals surface area contributed by atoms with E-state index in [1.54, 1.807) is 6.92 Å². The second kappa shape index (κ2) is 6.99. The highest BCUT2D eigenvalue weighted by atomic mass is 16.6. The van der Waals surface area contributed by atoms with Gasteiger partial charge < -0.3 is 9.26 Å². The van der Waals surface area contributed by atoms with E-state index < -0.39 is 5.97 Å². The maximum atomic E-state index is 11.9. The van der Waals surface area contributed by atoms with Gasteiger partial charge in [-0.15, -0.1) is 0 Å². The molecule has 0 radical (unpaired) electrons. The molecule has 3 rings (SSSR count). The molecule has 0 saturated carbocycles. The third kappa shape index (κ3) is 3.62. The monoisotopic (exact) mass is 324 g/mol. The minimum absolute atomic E-state index is 0.117. The van der Waals surface area contributed by atoms with Gasteiger partial charge in [0.25, 0.3) is 5.89 Å². The second-order valence-electron chi connectivity index (χ2n) is 5.18. The van der Waals surface area contributed by atoms with Crippen molar-refractivity contribution in [2.75, 3.05) is 0 Å². The molecule has 1 aromatic carbocycles. The van der Waals surface area contributed by atoms with Crippen LogP contribution < -0.4 is 0 Å². The van der Waals surface area contributed by atoms with Gasteiger partial charge in [-0.1, -0.05) is 36.3 Å². The molecule has 7 nitrogen and oxygen atoms in total. The first-order valence-electron chi connectivity index (χ1n) is 7.53. The van der Waals surface area contributed by atoms with E-state index in [0.29, 0.717) is 5.82 Å². The maximum absolute atomic E-state index is 11.9. The Hall–Kier alpha value is -3.09. The first-order chi connectivity index (χ1) is 11.7. The molecule has 0 aliphatic heterocycles. The average molecular weight is 324 g/mol. The fourth-order valence-corrected chi connectivity index (χ4v) is 2.02. The lowest BCUT2D eigenvalue weighted by molar-refractivity contribution is 0.0422. The predicted molar refractivity (Wildman–Crippen MR) is 85.0 cm³/mol. The quantitative estimate of drug-likeness (QED) is 0.666. The van der Waals surface area contributed by atoms with E-state index in [-0.39, 0.29) is 18.2 Å². The van der Waals surface area contributed by atoms with Gasteiger partial charge in [0.15, 0.2) is 12.3 Å². The Bertz CT molecular complexity index is 826. The number of esters is 1. The van der Waals surface area contributed by atoms with E-state index >= 15 is 0 Å². The molecule has 24 heavy (non-hydrogen) atoms. The Kier molecular flexibility index (Phi) is 4.60. The summed E-state index contributed by atoms with van der Waals surface area (Å²) in [5.74, 6) is 0.0892. The lowest BCUT2D eigenvalue weighted by Gasteiger charge is -2.00. The number of hydrogen-bond acceptors (Lipinski definition) is 7. The fourth-order valence-electron chi connectivity index (χ4n) is 2.02. The molecule has 0 aliphatic rings. The molecule has 122 valence electrons. The van der Waals surface area contributed by atoms with Gasteiger partial charge in [0.2, 0.25) is 5.82 Å². The maximum Gasteiger partial charge on any atom is 0.359 e. The highest BCUT2D eigenvalue weighted by Gasteiger charge is 2.13. The zero-order chi connectivity index (χ0) is 16.9. The van der Waals surface area contributed by atoms with Crippen LogP contribution in [0.1, 0.15) is 34.6 Å². The number of ether oxygens (including phenoxy) is 1. The van der Waals surface area contributed by atoms with E-state index in [1.165, 1.54) is 18.0 Å². The molecule has 0 aliphatic carbocycles. The van der Waals surface area contributed by atoms with Crippen molar-refractivity contribution < 1.29 is 14.1 Å². The molecule has 2 aromatic heterocycles. The van der Waals surface area contributed by atoms with Crippen LogP contribution in [-0.2, 0) is 17.8 Å². The van der Waals surface area contributed by atoms with E-state index in [0.717, 1.165) is 17.7 Å². The summed E-state index contributed by atoms with van der Waals surface area (Å²) in [6.07, 6.45) is 3.84. The molecule has 0 bridgehead atoms. The van der Waals surface area contributed by atoms with Crippen LogP contribution in [0.15, 0.2) is 41.2 Å². The van der Waals surface area contributed by atoms with Gasteiger partial charge in [-0.2, -0.15) is 4.98 Å².